The average molecular weight is 454 g/mol. The molecule has 0 bridgehead atoms. The first kappa shape index (κ1) is 17.8. The Morgan fingerprint density at radius 1 is 1.07 bits per heavy atom. The van der Waals surface area contributed by atoms with Crippen LogP contribution in [0.4, 0.5) is 0 Å². The van der Waals surface area contributed by atoms with Crippen molar-refractivity contribution in [2.45, 2.75) is 25.1 Å². The molecular formula is C23H18BrClN2O. The van der Waals surface area contributed by atoms with Crippen molar-refractivity contribution in [3.8, 4) is 5.75 Å². The fraction of sp³-hybridized carbons (Fsp3) is 0.174. The minimum atomic E-state index is -0.706. The van der Waals surface area contributed by atoms with E-state index in [0.29, 0.717) is 5.02 Å². The first-order chi connectivity index (χ1) is 13.5. The third-order valence-electron chi connectivity index (χ3n) is 5.47. The van der Waals surface area contributed by atoms with Crippen molar-refractivity contribution in [3.05, 3.63) is 99.0 Å². The molecule has 0 spiro atoms. The van der Waals surface area contributed by atoms with Crippen LogP contribution in [0.5, 0.6) is 5.75 Å². The van der Waals surface area contributed by atoms with Crippen LogP contribution >= 0.6 is 27.5 Å². The zero-order valence-electron chi connectivity index (χ0n) is 15.3. The molecule has 0 aliphatic carbocycles. The van der Waals surface area contributed by atoms with Crippen LogP contribution in [0.25, 0.3) is 0 Å². The molecule has 0 fully saturated rings. The van der Waals surface area contributed by atoms with Crippen LogP contribution in [0.1, 0.15) is 36.1 Å². The number of fused-ring (bicyclic) bond motifs is 3. The van der Waals surface area contributed by atoms with Crippen LogP contribution < -0.4 is 4.74 Å². The van der Waals surface area contributed by atoms with Gasteiger partial charge in [-0.3, -0.25) is 0 Å². The van der Waals surface area contributed by atoms with Gasteiger partial charge in [0.05, 0.1) is 11.8 Å². The molecule has 2 aliphatic heterocycles. The lowest BCUT2D eigenvalue weighted by atomic mass is 9.92. The largest absolute Gasteiger partial charge is 0.462 e. The third-order valence-corrected chi connectivity index (χ3v) is 6.24. The Morgan fingerprint density at radius 2 is 1.82 bits per heavy atom. The second kappa shape index (κ2) is 6.64. The summed E-state index contributed by atoms with van der Waals surface area (Å²) >= 11 is 9.83. The first-order valence-electron chi connectivity index (χ1n) is 9.21. The molecule has 140 valence electrons. The monoisotopic (exact) mass is 452 g/mol. The highest BCUT2D eigenvalue weighted by atomic mass is 79.9. The lowest BCUT2D eigenvalue weighted by Crippen LogP contribution is -2.48. The minimum Gasteiger partial charge on any atom is -0.462 e. The van der Waals surface area contributed by atoms with Crippen molar-refractivity contribution in [1.29, 1.82) is 0 Å². The van der Waals surface area contributed by atoms with E-state index in [9.17, 15) is 0 Å². The Kier molecular flexibility index (Phi) is 4.22. The summed E-state index contributed by atoms with van der Waals surface area (Å²) in [5, 5.41) is 7.84. The van der Waals surface area contributed by atoms with E-state index < -0.39 is 5.72 Å². The van der Waals surface area contributed by atoms with Gasteiger partial charge < -0.3 is 4.74 Å². The van der Waals surface area contributed by atoms with Crippen molar-refractivity contribution < 1.29 is 4.74 Å². The van der Waals surface area contributed by atoms with Gasteiger partial charge in [0.15, 0.2) is 0 Å². The number of rotatable bonds is 2. The summed E-state index contributed by atoms with van der Waals surface area (Å²) in [5.41, 5.74) is 3.63. The third kappa shape index (κ3) is 2.83. The van der Waals surface area contributed by atoms with E-state index in [2.05, 4.69) is 52.1 Å². The van der Waals surface area contributed by atoms with Crippen LogP contribution in [0.3, 0.4) is 0 Å². The van der Waals surface area contributed by atoms with Gasteiger partial charge in [-0.1, -0.05) is 70.0 Å². The number of ether oxygens (including phenoxy) is 1. The molecule has 5 rings (SSSR count). The maximum atomic E-state index is 6.54. The highest BCUT2D eigenvalue weighted by Crippen LogP contribution is 2.50. The van der Waals surface area contributed by atoms with Crippen molar-refractivity contribution in [2.75, 3.05) is 0 Å². The summed E-state index contributed by atoms with van der Waals surface area (Å²) in [6, 6.07) is 24.5. The van der Waals surface area contributed by atoms with Crippen molar-refractivity contribution in [3.63, 3.8) is 0 Å². The molecule has 0 saturated carbocycles. The highest BCUT2D eigenvalue weighted by molar-refractivity contribution is 9.10. The topological polar surface area (TPSA) is 24.8 Å². The fourth-order valence-corrected chi connectivity index (χ4v) is 4.48. The average Bonchev–Trinajstić information content (AvgIpc) is 3.17. The van der Waals surface area contributed by atoms with Crippen molar-refractivity contribution in [1.82, 2.24) is 5.01 Å². The Bertz CT molecular complexity index is 1070. The summed E-state index contributed by atoms with van der Waals surface area (Å²) in [5.74, 6) is 0.862. The van der Waals surface area contributed by atoms with Crippen LogP contribution in [0.15, 0.2) is 82.4 Å². The number of hydrogen-bond acceptors (Lipinski definition) is 3. The van der Waals surface area contributed by atoms with Gasteiger partial charge in [-0.05, 0) is 35.9 Å². The van der Waals surface area contributed by atoms with Crippen molar-refractivity contribution >= 4 is 33.2 Å². The van der Waals surface area contributed by atoms with Gasteiger partial charge in [0, 0.05) is 34.0 Å². The predicted octanol–water partition coefficient (Wildman–Crippen LogP) is 6.52. The lowest BCUT2D eigenvalue weighted by Gasteiger charge is -2.46. The van der Waals surface area contributed by atoms with Gasteiger partial charge in [-0.25, -0.2) is 5.01 Å². The number of halogens is 2. The normalized spacial score (nSPS) is 22.9. The molecule has 3 nitrogen and oxygen atoms in total. The maximum Gasteiger partial charge on any atom is 0.221 e. The van der Waals surface area contributed by atoms with E-state index in [1.54, 1.807) is 0 Å². The van der Waals surface area contributed by atoms with Gasteiger partial charge in [0.25, 0.3) is 0 Å². The molecule has 2 atom stereocenters. The number of benzene rings is 3. The number of hydrogen-bond donors (Lipinski definition) is 0. The molecular weight excluding hydrogens is 436 g/mol. The Balaban J connectivity index is 1.66. The predicted molar refractivity (Wildman–Crippen MR) is 116 cm³/mol. The Morgan fingerprint density at radius 3 is 2.57 bits per heavy atom. The summed E-state index contributed by atoms with van der Waals surface area (Å²) in [4.78, 5) is 0. The van der Waals surface area contributed by atoms with Gasteiger partial charge in [-0.15, -0.1) is 0 Å². The molecule has 28 heavy (non-hydrogen) atoms. The van der Waals surface area contributed by atoms with E-state index in [4.69, 9.17) is 21.4 Å². The Hall–Kier alpha value is -2.30. The Labute approximate surface area is 177 Å². The molecule has 3 aromatic rings. The first-order valence-corrected chi connectivity index (χ1v) is 10.4. The number of nitrogens with zero attached hydrogens (tertiary/aromatic N) is 2. The fourth-order valence-electron chi connectivity index (χ4n) is 4.03. The maximum absolute atomic E-state index is 6.54. The molecule has 3 aromatic carbocycles. The van der Waals surface area contributed by atoms with E-state index >= 15 is 0 Å². The zero-order chi connectivity index (χ0) is 19.3. The number of hydrazone groups is 1. The lowest BCUT2D eigenvalue weighted by molar-refractivity contribution is -0.112. The SMILES string of the molecule is CC1(c2ccc(Br)cc2)Oc2ccc(Cl)cc2C2CC(c3ccccc3)=NN21. The molecule has 5 heteroatoms. The molecule has 2 heterocycles. The standard InChI is InChI=1S/C23H18BrClN2O/c1-23(16-7-9-17(24)10-8-16)27-21(19-13-18(25)11-12-22(19)28-23)14-20(26-27)15-5-3-2-4-6-15/h2-13,21H,14H2,1H3. The molecule has 0 aromatic heterocycles. The van der Waals surface area contributed by atoms with Gasteiger partial charge in [0.1, 0.15) is 5.75 Å². The molecule has 0 radical (unpaired) electrons. The molecule has 2 aliphatic rings. The van der Waals surface area contributed by atoms with Crippen LogP contribution in [0.2, 0.25) is 5.02 Å². The van der Waals surface area contributed by atoms with Crippen molar-refractivity contribution in [2.24, 2.45) is 5.10 Å². The highest BCUT2D eigenvalue weighted by Gasteiger charge is 2.48. The summed E-state index contributed by atoms with van der Waals surface area (Å²) in [7, 11) is 0. The summed E-state index contributed by atoms with van der Waals surface area (Å²) in [6.07, 6.45) is 0.812. The van der Waals surface area contributed by atoms with E-state index in [-0.39, 0.29) is 6.04 Å². The molecule has 0 amide bonds. The van der Waals surface area contributed by atoms with Crippen LogP contribution in [-0.4, -0.2) is 10.7 Å². The second-order valence-electron chi connectivity index (χ2n) is 7.25. The molecule has 0 saturated heterocycles. The second-order valence-corrected chi connectivity index (χ2v) is 8.60. The van der Waals surface area contributed by atoms with Gasteiger partial charge in [0.2, 0.25) is 5.72 Å². The van der Waals surface area contributed by atoms with Gasteiger partial charge in [-0.2, -0.15) is 5.10 Å². The summed E-state index contributed by atoms with van der Waals surface area (Å²) < 4.78 is 7.58. The molecule has 2 unspecified atom stereocenters. The summed E-state index contributed by atoms with van der Waals surface area (Å²) in [6.45, 7) is 2.08. The molecule has 0 N–H and O–H groups in total. The smallest absolute Gasteiger partial charge is 0.221 e. The zero-order valence-corrected chi connectivity index (χ0v) is 17.6. The van der Waals surface area contributed by atoms with E-state index in [0.717, 1.165) is 39.0 Å². The minimum absolute atomic E-state index is 0.0753. The van der Waals surface area contributed by atoms with Crippen LogP contribution in [0, 0.1) is 0 Å². The van der Waals surface area contributed by atoms with Gasteiger partial charge >= 0.3 is 0 Å². The van der Waals surface area contributed by atoms with E-state index in [1.807, 2.05) is 48.5 Å². The van der Waals surface area contributed by atoms with E-state index in [1.165, 1.54) is 0 Å². The van der Waals surface area contributed by atoms with Crippen LogP contribution in [-0.2, 0) is 5.72 Å². The quantitative estimate of drug-likeness (QED) is 0.441.